The Balaban J connectivity index is 1.58. The normalized spacial score (nSPS) is 18.2. The van der Waals surface area contributed by atoms with Crippen molar-refractivity contribution in [2.75, 3.05) is 6.54 Å². The Morgan fingerprint density at radius 3 is 2.49 bits per heavy atom. The average molecular weight is 556 g/mol. The Kier molecular flexibility index (Phi) is 7.13. The Morgan fingerprint density at radius 2 is 1.82 bits per heavy atom. The smallest absolute Gasteiger partial charge is 0.309 e. The molecule has 1 aromatic heterocycles. The van der Waals surface area contributed by atoms with Gasteiger partial charge in [-0.3, -0.25) is 9.48 Å². The topological polar surface area (TPSA) is 102 Å². The second-order valence-electron chi connectivity index (χ2n) is 9.76. The van der Waals surface area contributed by atoms with Crippen molar-refractivity contribution in [2.24, 2.45) is 0 Å². The molecule has 3 aromatic carbocycles. The van der Waals surface area contributed by atoms with E-state index in [9.17, 15) is 27.1 Å². The fraction of sp³-hybridized carbons (Fsp3) is 0.286. The molecule has 1 aliphatic rings. The SMILES string of the molecule is CC(C)Oc1ccc(S(=O)(=O)N2C[C@@H](n3nc(CC(=O)O)c4ccc(F)cc43)C[C@@H]2c2ccccc2F)cc1. The van der Waals surface area contributed by atoms with Crippen LogP contribution in [0.1, 0.15) is 43.6 Å². The summed E-state index contributed by atoms with van der Waals surface area (Å²) in [5, 5.41) is 14.3. The lowest BCUT2D eigenvalue weighted by Crippen LogP contribution is -2.32. The zero-order valence-corrected chi connectivity index (χ0v) is 22.1. The van der Waals surface area contributed by atoms with Gasteiger partial charge in [0.2, 0.25) is 10.0 Å². The van der Waals surface area contributed by atoms with Gasteiger partial charge in [-0.15, -0.1) is 0 Å². The standard InChI is InChI=1S/C28H27F2N3O5S/c1-17(2)38-20-8-10-21(11-9-20)39(36,37)32-16-19(14-26(32)22-5-3-4-6-24(22)30)33-27-13-18(29)7-12-23(27)25(31-33)15-28(34)35/h3-13,17,19,26H,14-16H2,1-2H3,(H,34,35)/t19-,26+/m0/s1. The summed E-state index contributed by atoms with van der Waals surface area (Å²) < 4.78 is 65.4. The minimum absolute atomic E-state index is 0.0172. The molecule has 0 saturated carbocycles. The molecule has 204 valence electrons. The summed E-state index contributed by atoms with van der Waals surface area (Å²) in [6, 6.07) is 14.5. The van der Waals surface area contributed by atoms with Crippen molar-refractivity contribution in [2.45, 2.75) is 49.8 Å². The molecule has 0 unspecified atom stereocenters. The predicted octanol–water partition coefficient (Wildman–Crippen LogP) is 5.11. The van der Waals surface area contributed by atoms with Gasteiger partial charge in [-0.05, 0) is 68.8 Å². The van der Waals surface area contributed by atoms with Crippen LogP contribution in [0.25, 0.3) is 10.9 Å². The van der Waals surface area contributed by atoms with Crippen molar-refractivity contribution in [3.63, 3.8) is 0 Å². The molecule has 4 aromatic rings. The van der Waals surface area contributed by atoms with Gasteiger partial charge in [0.1, 0.15) is 17.4 Å². The molecule has 0 spiro atoms. The molecule has 2 heterocycles. The van der Waals surface area contributed by atoms with E-state index in [2.05, 4.69) is 5.10 Å². The number of hydrogen-bond acceptors (Lipinski definition) is 5. The molecule has 0 amide bonds. The minimum Gasteiger partial charge on any atom is -0.491 e. The van der Waals surface area contributed by atoms with E-state index in [-0.39, 0.29) is 41.6 Å². The van der Waals surface area contributed by atoms with E-state index in [1.165, 1.54) is 51.5 Å². The zero-order chi connectivity index (χ0) is 27.9. The van der Waals surface area contributed by atoms with E-state index >= 15 is 0 Å². The van der Waals surface area contributed by atoms with Gasteiger partial charge in [-0.2, -0.15) is 9.40 Å². The molecule has 2 atom stereocenters. The number of carbonyl (C=O) groups is 1. The third-order valence-corrected chi connectivity index (χ3v) is 8.60. The first-order valence-corrected chi connectivity index (χ1v) is 13.9. The van der Waals surface area contributed by atoms with Crippen molar-refractivity contribution in [1.82, 2.24) is 14.1 Å². The van der Waals surface area contributed by atoms with Gasteiger partial charge >= 0.3 is 5.97 Å². The van der Waals surface area contributed by atoms with E-state index in [0.29, 0.717) is 16.7 Å². The average Bonchev–Trinajstić information content (AvgIpc) is 3.46. The third kappa shape index (κ3) is 5.24. The third-order valence-electron chi connectivity index (χ3n) is 6.71. The van der Waals surface area contributed by atoms with E-state index in [0.717, 1.165) is 0 Å². The highest BCUT2D eigenvalue weighted by molar-refractivity contribution is 7.89. The monoisotopic (exact) mass is 555 g/mol. The van der Waals surface area contributed by atoms with Crippen LogP contribution in [0.15, 0.2) is 71.6 Å². The van der Waals surface area contributed by atoms with Crippen LogP contribution in [0.2, 0.25) is 0 Å². The van der Waals surface area contributed by atoms with Crippen molar-refractivity contribution >= 4 is 26.9 Å². The minimum atomic E-state index is -4.11. The van der Waals surface area contributed by atoms with Gasteiger partial charge < -0.3 is 9.84 Å². The Morgan fingerprint density at radius 1 is 1.10 bits per heavy atom. The highest BCUT2D eigenvalue weighted by Crippen LogP contribution is 2.43. The summed E-state index contributed by atoms with van der Waals surface area (Å²) in [4.78, 5) is 11.5. The Bertz CT molecular complexity index is 1640. The van der Waals surface area contributed by atoms with Gasteiger partial charge in [0.25, 0.3) is 0 Å². The van der Waals surface area contributed by atoms with Gasteiger partial charge in [-0.25, -0.2) is 17.2 Å². The number of carboxylic acid groups (broad SMARTS) is 1. The second-order valence-corrected chi connectivity index (χ2v) is 11.7. The lowest BCUT2D eigenvalue weighted by Gasteiger charge is -2.24. The molecular formula is C28H27F2N3O5S. The van der Waals surface area contributed by atoms with Crippen molar-refractivity contribution < 1.29 is 31.8 Å². The number of aromatic nitrogens is 2. The number of fused-ring (bicyclic) bond motifs is 1. The van der Waals surface area contributed by atoms with Gasteiger partial charge in [-0.1, -0.05) is 18.2 Å². The highest BCUT2D eigenvalue weighted by Gasteiger charge is 2.43. The number of hydrogen-bond donors (Lipinski definition) is 1. The quantitative estimate of drug-likeness (QED) is 0.324. The summed E-state index contributed by atoms with van der Waals surface area (Å²) in [6.07, 6.45) is -0.322. The van der Waals surface area contributed by atoms with E-state index in [1.54, 1.807) is 24.3 Å². The zero-order valence-electron chi connectivity index (χ0n) is 21.3. The summed E-state index contributed by atoms with van der Waals surface area (Å²) >= 11 is 0. The number of nitrogens with zero attached hydrogens (tertiary/aromatic N) is 3. The number of rotatable bonds is 8. The second kappa shape index (κ2) is 10.4. The molecule has 5 rings (SSSR count). The molecule has 0 aliphatic carbocycles. The highest BCUT2D eigenvalue weighted by atomic mass is 32.2. The van der Waals surface area contributed by atoms with Gasteiger partial charge in [0.05, 0.1) is 40.7 Å². The van der Waals surface area contributed by atoms with Gasteiger partial charge in [0.15, 0.2) is 0 Å². The van der Waals surface area contributed by atoms with Crippen LogP contribution in [0.5, 0.6) is 5.75 Å². The van der Waals surface area contributed by atoms with Crippen LogP contribution in [0.4, 0.5) is 8.78 Å². The lowest BCUT2D eigenvalue weighted by atomic mass is 10.0. The van der Waals surface area contributed by atoms with Crippen LogP contribution >= 0.6 is 0 Å². The number of aliphatic carboxylic acids is 1. The molecule has 0 bridgehead atoms. The molecule has 1 aliphatic heterocycles. The van der Waals surface area contributed by atoms with Crippen LogP contribution in [0.3, 0.4) is 0 Å². The number of carboxylic acids is 1. The Labute approximate surface area is 224 Å². The van der Waals surface area contributed by atoms with Crippen molar-refractivity contribution in [3.8, 4) is 5.75 Å². The van der Waals surface area contributed by atoms with Crippen LogP contribution in [0, 0.1) is 11.6 Å². The Hall–Kier alpha value is -3.83. The van der Waals surface area contributed by atoms with Crippen LogP contribution in [-0.4, -0.2) is 46.2 Å². The molecule has 1 N–H and O–H groups in total. The van der Waals surface area contributed by atoms with Crippen molar-refractivity contribution in [1.29, 1.82) is 0 Å². The molecule has 1 fully saturated rings. The van der Waals surface area contributed by atoms with E-state index in [1.807, 2.05) is 13.8 Å². The predicted molar refractivity (Wildman–Crippen MR) is 140 cm³/mol. The van der Waals surface area contributed by atoms with E-state index < -0.39 is 39.7 Å². The molecular weight excluding hydrogens is 528 g/mol. The first-order valence-electron chi connectivity index (χ1n) is 12.5. The fourth-order valence-corrected chi connectivity index (χ4v) is 6.73. The first kappa shape index (κ1) is 26.8. The fourth-order valence-electron chi connectivity index (χ4n) is 5.08. The number of halogens is 2. The molecule has 8 nitrogen and oxygen atoms in total. The van der Waals surface area contributed by atoms with Crippen LogP contribution in [-0.2, 0) is 21.2 Å². The molecule has 1 saturated heterocycles. The number of ether oxygens (including phenoxy) is 1. The summed E-state index contributed by atoms with van der Waals surface area (Å²) in [6.45, 7) is 3.65. The first-order chi connectivity index (χ1) is 18.5. The number of benzene rings is 3. The van der Waals surface area contributed by atoms with Crippen LogP contribution < -0.4 is 4.74 Å². The maximum atomic E-state index is 15.0. The van der Waals surface area contributed by atoms with Crippen molar-refractivity contribution in [3.05, 3.63) is 89.6 Å². The lowest BCUT2D eigenvalue weighted by molar-refractivity contribution is -0.136. The maximum absolute atomic E-state index is 15.0. The summed E-state index contributed by atoms with van der Waals surface area (Å²) in [5.41, 5.74) is 0.789. The van der Waals surface area contributed by atoms with Gasteiger partial charge in [0, 0.05) is 17.5 Å². The molecule has 39 heavy (non-hydrogen) atoms. The molecule has 11 heteroatoms. The number of sulfonamides is 1. The largest absolute Gasteiger partial charge is 0.491 e. The van der Waals surface area contributed by atoms with E-state index in [4.69, 9.17) is 4.74 Å². The summed E-state index contributed by atoms with van der Waals surface area (Å²) in [7, 11) is -4.11. The molecule has 0 radical (unpaired) electrons. The maximum Gasteiger partial charge on any atom is 0.309 e. The summed E-state index contributed by atoms with van der Waals surface area (Å²) in [5.74, 6) is -1.67.